The molecule has 0 unspecified atom stereocenters. The summed E-state index contributed by atoms with van der Waals surface area (Å²) in [7, 11) is 0. The Morgan fingerprint density at radius 1 is 1.28 bits per heavy atom. The van der Waals surface area contributed by atoms with E-state index >= 15 is 0 Å². The van der Waals surface area contributed by atoms with Gasteiger partial charge < -0.3 is 0 Å². The lowest BCUT2D eigenvalue weighted by molar-refractivity contribution is -0.139. The van der Waals surface area contributed by atoms with E-state index in [1.54, 1.807) is 0 Å². The highest BCUT2D eigenvalue weighted by Crippen LogP contribution is 2.48. The van der Waals surface area contributed by atoms with E-state index < -0.39 is 23.1 Å². The lowest BCUT2D eigenvalue weighted by atomic mass is 9.71. The number of aliphatic imine (C=N–C) groups is 1. The summed E-state index contributed by atoms with van der Waals surface area (Å²) in [5.41, 5.74) is -2.40. The van der Waals surface area contributed by atoms with Gasteiger partial charge in [0.15, 0.2) is 0 Å². The summed E-state index contributed by atoms with van der Waals surface area (Å²) in [5.74, 6) is -0.962. The maximum Gasteiger partial charge on any atom is 0.416 e. The number of halogens is 4. The third kappa shape index (κ3) is 2.04. The fourth-order valence-corrected chi connectivity index (χ4v) is 2.20. The maximum atomic E-state index is 13.0. The third-order valence-electron chi connectivity index (χ3n) is 3.23. The minimum Gasteiger partial charge on any atom is -0.211 e. The molecule has 0 N–H and O–H groups in total. The summed E-state index contributed by atoms with van der Waals surface area (Å²) in [6.07, 6.45) is -1.98. The summed E-state index contributed by atoms with van der Waals surface area (Å²) in [5, 5.41) is 0. The van der Waals surface area contributed by atoms with E-state index in [1.165, 1.54) is 6.08 Å². The zero-order valence-electron chi connectivity index (χ0n) is 9.22. The van der Waals surface area contributed by atoms with Gasteiger partial charge >= 0.3 is 6.18 Å². The molecule has 1 aliphatic rings. The summed E-state index contributed by atoms with van der Waals surface area (Å²) in [6, 6.07) is 2.44. The highest BCUT2D eigenvalue weighted by Gasteiger charge is 2.45. The molecular weight excluding hydrogens is 250 g/mol. The second-order valence-electron chi connectivity index (χ2n) is 4.28. The minimum atomic E-state index is -4.67. The smallest absolute Gasteiger partial charge is 0.211 e. The Morgan fingerprint density at radius 2 is 1.94 bits per heavy atom. The van der Waals surface area contributed by atoms with Gasteiger partial charge in [0.1, 0.15) is 5.82 Å². The van der Waals surface area contributed by atoms with Gasteiger partial charge in [-0.25, -0.2) is 9.18 Å². The predicted molar refractivity (Wildman–Crippen MR) is 55.1 cm³/mol. The Kier molecular flexibility index (Phi) is 2.99. The average Bonchev–Trinajstić information content (AvgIpc) is 2.22. The number of hydrogen-bond acceptors (Lipinski definition) is 2. The van der Waals surface area contributed by atoms with Crippen LogP contribution in [-0.4, -0.2) is 6.08 Å². The Balaban J connectivity index is 2.60. The van der Waals surface area contributed by atoms with Crippen LogP contribution in [0.15, 0.2) is 23.2 Å². The summed E-state index contributed by atoms with van der Waals surface area (Å²) in [6.45, 7) is 0. The van der Waals surface area contributed by atoms with E-state index in [0.29, 0.717) is 25.3 Å². The number of hydrogen-bond donors (Lipinski definition) is 0. The van der Waals surface area contributed by atoms with Crippen molar-refractivity contribution in [2.24, 2.45) is 4.99 Å². The number of alkyl halides is 3. The van der Waals surface area contributed by atoms with Crippen LogP contribution in [0.5, 0.6) is 0 Å². The molecule has 96 valence electrons. The van der Waals surface area contributed by atoms with Crippen LogP contribution in [0.25, 0.3) is 0 Å². The van der Waals surface area contributed by atoms with Crippen LogP contribution in [0.3, 0.4) is 0 Å². The minimum absolute atomic E-state index is 0.147. The zero-order chi connectivity index (χ0) is 13.4. The summed E-state index contributed by atoms with van der Waals surface area (Å²) < 4.78 is 51.5. The van der Waals surface area contributed by atoms with E-state index in [2.05, 4.69) is 4.99 Å². The number of isocyanates is 1. The van der Waals surface area contributed by atoms with E-state index in [0.717, 1.165) is 12.1 Å². The van der Waals surface area contributed by atoms with Crippen LogP contribution in [0.1, 0.15) is 30.4 Å². The summed E-state index contributed by atoms with van der Waals surface area (Å²) >= 11 is 0. The molecule has 0 aliphatic heterocycles. The van der Waals surface area contributed by atoms with E-state index in [-0.39, 0.29) is 5.56 Å². The first kappa shape index (κ1) is 12.8. The second kappa shape index (κ2) is 4.21. The quantitative estimate of drug-likeness (QED) is 0.453. The first-order valence-corrected chi connectivity index (χ1v) is 5.35. The first-order valence-electron chi connectivity index (χ1n) is 5.35. The Labute approximate surface area is 100 Å². The molecule has 0 saturated heterocycles. The summed E-state index contributed by atoms with van der Waals surface area (Å²) in [4.78, 5) is 13.9. The molecule has 1 aromatic rings. The molecule has 6 heteroatoms. The lowest BCUT2D eigenvalue weighted by Gasteiger charge is -2.38. The molecule has 18 heavy (non-hydrogen) atoms. The zero-order valence-corrected chi connectivity index (χ0v) is 9.22. The molecule has 1 aliphatic carbocycles. The van der Waals surface area contributed by atoms with Crippen LogP contribution in [0, 0.1) is 5.82 Å². The Hall–Kier alpha value is -1.68. The van der Waals surface area contributed by atoms with Crippen LogP contribution in [0.4, 0.5) is 17.6 Å². The molecule has 2 nitrogen and oxygen atoms in total. The Morgan fingerprint density at radius 3 is 2.39 bits per heavy atom. The van der Waals surface area contributed by atoms with Gasteiger partial charge in [0.25, 0.3) is 0 Å². The predicted octanol–water partition coefficient (Wildman–Crippen LogP) is 3.56. The molecule has 1 fully saturated rings. The molecule has 0 aromatic heterocycles. The van der Waals surface area contributed by atoms with Crippen molar-refractivity contribution in [3.8, 4) is 0 Å². The molecule has 1 saturated carbocycles. The van der Waals surface area contributed by atoms with Crippen molar-refractivity contribution in [3.63, 3.8) is 0 Å². The molecular formula is C12H9F4NO. The van der Waals surface area contributed by atoms with Crippen LogP contribution >= 0.6 is 0 Å². The molecule has 1 aromatic carbocycles. The first-order chi connectivity index (χ1) is 8.39. The topological polar surface area (TPSA) is 29.4 Å². The van der Waals surface area contributed by atoms with Crippen molar-refractivity contribution in [1.29, 1.82) is 0 Å². The molecule has 0 amide bonds. The van der Waals surface area contributed by atoms with Gasteiger partial charge in [-0.3, -0.25) is 0 Å². The third-order valence-corrected chi connectivity index (χ3v) is 3.23. The lowest BCUT2D eigenvalue weighted by Crippen LogP contribution is -2.34. The largest absolute Gasteiger partial charge is 0.416 e. The molecule has 0 radical (unpaired) electrons. The highest BCUT2D eigenvalue weighted by atomic mass is 19.4. The van der Waals surface area contributed by atoms with Crippen molar-refractivity contribution in [2.45, 2.75) is 31.0 Å². The van der Waals surface area contributed by atoms with Crippen molar-refractivity contribution in [3.05, 3.63) is 35.1 Å². The molecule has 2 rings (SSSR count). The van der Waals surface area contributed by atoms with Crippen molar-refractivity contribution in [2.75, 3.05) is 0 Å². The van der Waals surface area contributed by atoms with E-state index in [4.69, 9.17) is 0 Å². The standard InChI is InChI=1S/C12H9F4NO/c13-8-2-3-9(10(6-8)12(14,15)16)11(17-7-18)4-1-5-11/h2-3,6H,1,4-5H2. The number of carbonyl (C=O) groups excluding carboxylic acids is 1. The van der Waals surface area contributed by atoms with Crippen molar-refractivity contribution < 1.29 is 22.4 Å². The number of nitrogens with zero attached hydrogens (tertiary/aromatic N) is 1. The van der Waals surface area contributed by atoms with E-state index in [9.17, 15) is 22.4 Å². The fraction of sp³-hybridized carbons (Fsp3) is 0.417. The fourth-order valence-electron chi connectivity index (χ4n) is 2.20. The van der Waals surface area contributed by atoms with Gasteiger partial charge in [-0.2, -0.15) is 18.2 Å². The van der Waals surface area contributed by atoms with Gasteiger partial charge in [0.05, 0.1) is 11.1 Å². The van der Waals surface area contributed by atoms with Crippen LogP contribution < -0.4 is 0 Å². The van der Waals surface area contributed by atoms with Crippen molar-refractivity contribution >= 4 is 6.08 Å². The maximum absolute atomic E-state index is 13.0. The average molecular weight is 259 g/mol. The van der Waals surface area contributed by atoms with Gasteiger partial charge in [-0.1, -0.05) is 6.07 Å². The van der Waals surface area contributed by atoms with Gasteiger partial charge in [0.2, 0.25) is 6.08 Å². The van der Waals surface area contributed by atoms with E-state index in [1.807, 2.05) is 0 Å². The molecule has 0 spiro atoms. The molecule has 0 atom stereocenters. The number of benzene rings is 1. The van der Waals surface area contributed by atoms with Gasteiger partial charge in [-0.15, -0.1) is 0 Å². The van der Waals surface area contributed by atoms with Crippen LogP contribution in [0.2, 0.25) is 0 Å². The molecule has 0 heterocycles. The second-order valence-corrected chi connectivity index (χ2v) is 4.28. The van der Waals surface area contributed by atoms with Gasteiger partial charge in [0, 0.05) is 0 Å². The normalized spacial score (nSPS) is 17.8. The molecule has 0 bridgehead atoms. The number of rotatable bonds is 2. The van der Waals surface area contributed by atoms with Gasteiger partial charge in [-0.05, 0) is 37.0 Å². The SMILES string of the molecule is O=C=NC1(c2ccc(F)cc2C(F)(F)F)CCC1. The highest BCUT2D eigenvalue weighted by molar-refractivity contribution is 5.43. The van der Waals surface area contributed by atoms with Crippen LogP contribution in [-0.2, 0) is 16.5 Å². The Bertz CT molecular complexity index is 513. The van der Waals surface area contributed by atoms with Crippen molar-refractivity contribution in [1.82, 2.24) is 0 Å². The monoisotopic (exact) mass is 259 g/mol.